The van der Waals surface area contributed by atoms with Crippen molar-refractivity contribution >= 4 is 11.9 Å². The molecule has 0 fully saturated rings. The van der Waals surface area contributed by atoms with Gasteiger partial charge in [-0.05, 0) is 5.92 Å². The van der Waals surface area contributed by atoms with Gasteiger partial charge in [-0.2, -0.15) is 0 Å². The van der Waals surface area contributed by atoms with E-state index in [2.05, 4.69) is 10.5 Å². The maximum absolute atomic E-state index is 11.9. The normalized spacial score (nSPS) is 13.9. The van der Waals surface area contributed by atoms with E-state index in [0.717, 1.165) is 0 Å². The number of carbonyl (C=O) groups is 2. The molecule has 1 rings (SSSR count). The Kier molecular flexibility index (Phi) is 4.88. The quantitative estimate of drug-likeness (QED) is 0.801. The number of nitrogens with zero attached hydrogens (tertiary/aromatic N) is 1. The summed E-state index contributed by atoms with van der Waals surface area (Å²) in [5, 5.41) is 15.1. The van der Waals surface area contributed by atoms with Gasteiger partial charge in [-0.15, -0.1) is 0 Å². The van der Waals surface area contributed by atoms with Gasteiger partial charge < -0.3 is 14.9 Å². The van der Waals surface area contributed by atoms with Crippen LogP contribution in [0, 0.1) is 5.92 Å². The monoisotopic (exact) mass is 254 g/mol. The second-order valence-electron chi connectivity index (χ2n) is 4.19. The largest absolute Gasteiger partial charge is 0.480 e. The number of aryl methyl sites for hydroxylation is 1. The van der Waals surface area contributed by atoms with Crippen molar-refractivity contribution in [3.8, 4) is 0 Å². The van der Waals surface area contributed by atoms with Crippen molar-refractivity contribution in [2.75, 3.05) is 0 Å². The summed E-state index contributed by atoms with van der Waals surface area (Å²) in [7, 11) is 0. The van der Waals surface area contributed by atoms with Crippen molar-refractivity contribution < 1.29 is 19.2 Å². The summed E-state index contributed by atoms with van der Waals surface area (Å²) in [6, 6.07) is -0.901. The van der Waals surface area contributed by atoms with Crippen LogP contribution in [0.5, 0.6) is 0 Å². The smallest absolute Gasteiger partial charge is 0.326 e. The van der Waals surface area contributed by atoms with E-state index < -0.39 is 17.9 Å². The predicted octanol–water partition coefficient (Wildman–Crippen LogP) is 1.47. The number of nitrogens with one attached hydrogen (secondary N) is 1. The first-order valence-corrected chi connectivity index (χ1v) is 5.98. The molecule has 6 nitrogen and oxygen atoms in total. The van der Waals surface area contributed by atoms with Gasteiger partial charge in [0.1, 0.15) is 17.4 Å². The van der Waals surface area contributed by atoms with E-state index in [1.807, 2.05) is 13.8 Å². The van der Waals surface area contributed by atoms with E-state index in [9.17, 15) is 9.59 Å². The lowest BCUT2D eigenvalue weighted by Crippen LogP contribution is -2.45. The van der Waals surface area contributed by atoms with Gasteiger partial charge in [-0.25, -0.2) is 4.79 Å². The first kappa shape index (κ1) is 14.2. The molecular weight excluding hydrogens is 236 g/mol. The van der Waals surface area contributed by atoms with Crippen LogP contribution in [0.25, 0.3) is 0 Å². The minimum absolute atomic E-state index is 0.142. The van der Waals surface area contributed by atoms with Crippen molar-refractivity contribution in [1.29, 1.82) is 0 Å². The fourth-order valence-corrected chi connectivity index (χ4v) is 1.61. The van der Waals surface area contributed by atoms with Crippen molar-refractivity contribution in [2.45, 2.75) is 39.7 Å². The molecule has 1 aromatic heterocycles. The Morgan fingerprint density at radius 2 is 2.17 bits per heavy atom. The Morgan fingerprint density at radius 3 is 2.67 bits per heavy atom. The van der Waals surface area contributed by atoms with Crippen molar-refractivity contribution in [3.05, 3.63) is 17.5 Å². The van der Waals surface area contributed by atoms with Gasteiger partial charge >= 0.3 is 5.97 Å². The summed E-state index contributed by atoms with van der Waals surface area (Å²) >= 11 is 0. The van der Waals surface area contributed by atoms with E-state index in [1.54, 1.807) is 6.92 Å². The van der Waals surface area contributed by atoms with E-state index in [0.29, 0.717) is 24.2 Å². The standard InChI is InChI=1S/C12H18N2O4/c1-4-7(3)10(12(16)17)14-11(15)8-6-13-18-9(8)5-2/h6-7,10H,4-5H2,1-3H3,(H,14,15)(H,16,17)/t7-,10-/m0/s1. The fraction of sp³-hybridized carbons (Fsp3) is 0.583. The predicted molar refractivity (Wildman–Crippen MR) is 64.2 cm³/mol. The molecule has 0 saturated heterocycles. The van der Waals surface area contributed by atoms with E-state index in [-0.39, 0.29) is 5.92 Å². The molecule has 0 aliphatic carbocycles. The average molecular weight is 254 g/mol. The topological polar surface area (TPSA) is 92.4 Å². The zero-order chi connectivity index (χ0) is 13.7. The highest BCUT2D eigenvalue weighted by Gasteiger charge is 2.27. The molecule has 0 unspecified atom stereocenters. The molecule has 1 aromatic rings. The van der Waals surface area contributed by atoms with Crippen molar-refractivity contribution in [2.24, 2.45) is 5.92 Å². The lowest BCUT2D eigenvalue weighted by atomic mass is 9.99. The number of aromatic nitrogens is 1. The molecule has 0 aromatic carbocycles. The van der Waals surface area contributed by atoms with E-state index >= 15 is 0 Å². The maximum atomic E-state index is 11.9. The van der Waals surface area contributed by atoms with Crippen LogP contribution in [0.3, 0.4) is 0 Å². The van der Waals surface area contributed by atoms with Crippen LogP contribution in [0.15, 0.2) is 10.7 Å². The highest BCUT2D eigenvalue weighted by atomic mass is 16.5. The van der Waals surface area contributed by atoms with Crippen molar-refractivity contribution in [3.63, 3.8) is 0 Å². The molecule has 2 atom stereocenters. The third-order valence-corrected chi connectivity index (χ3v) is 2.98. The molecule has 1 amide bonds. The molecule has 0 aliphatic rings. The van der Waals surface area contributed by atoms with E-state index in [4.69, 9.17) is 9.63 Å². The van der Waals surface area contributed by atoms with Crippen molar-refractivity contribution in [1.82, 2.24) is 10.5 Å². The molecule has 18 heavy (non-hydrogen) atoms. The molecule has 0 saturated carbocycles. The zero-order valence-electron chi connectivity index (χ0n) is 10.8. The molecule has 0 radical (unpaired) electrons. The molecule has 2 N–H and O–H groups in total. The lowest BCUT2D eigenvalue weighted by molar-refractivity contribution is -0.140. The van der Waals surface area contributed by atoms with Crippen LogP contribution in [0.4, 0.5) is 0 Å². The summed E-state index contributed by atoms with van der Waals surface area (Å²) in [4.78, 5) is 23.1. The van der Waals surface area contributed by atoms with Crippen LogP contribution in [0.2, 0.25) is 0 Å². The second kappa shape index (κ2) is 6.18. The number of hydrogen-bond acceptors (Lipinski definition) is 4. The Hall–Kier alpha value is -1.85. The summed E-state index contributed by atoms with van der Waals surface area (Å²) in [6.45, 7) is 5.50. The summed E-state index contributed by atoms with van der Waals surface area (Å²) in [6.07, 6.45) is 2.51. The first-order valence-electron chi connectivity index (χ1n) is 5.98. The minimum atomic E-state index is -1.03. The molecular formula is C12H18N2O4. The highest BCUT2D eigenvalue weighted by Crippen LogP contribution is 2.12. The number of amides is 1. The summed E-state index contributed by atoms with van der Waals surface area (Å²) in [5.41, 5.74) is 0.298. The summed E-state index contributed by atoms with van der Waals surface area (Å²) < 4.78 is 4.91. The Bertz CT molecular complexity index is 427. The molecule has 0 spiro atoms. The van der Waals surface area contributed by atoms with Gasteiger partial charge in [0.05, 0.1) is 6.20 Å². The molecule has 6 heteroatoms. The number of carboxylic acids is 1. The zero-order valence-corrected chi connectivity index (χ0v) is 10.8. The van der Waals surface area contributed by atoms with Crippen LogP contribution in [-0.2, 0) is 11.2 Å². The average Bonchev–Trinajstić information content (AvgIpc) is 2.82. The number of aliphatic carboxylic acids is 1. The van der Waals surface area contributed by atoms with Gasteiger partial charge in [0.25, 0.3) is 5.91 Å². The maximum Gasteiger partial charge on any atom is 0.326 e. The number of carbonyl (C=O) groups excluding carboxylic acids is 1. The Balaban J connectivity index is 2.82. The molecule has 1 heterocycles. The minimum Gasteiger partial charge on any atom is -0.480 e. The second-order valence-corrected chi connectivity index (χ2v) is 4.19. The number of carboxylic acid groups (broad SMARTS) is 1. The SMILES string of the molecule is CCc1oncc1C(=O)N[C@H](C(=O)O)[C@@H](C)CC. The van der Waals surface area contributed by atoms with E-state index in [1.165, 1.54) is 6.20 Å². The molecule has 0 bridgehead atoms. The lowest BCUT2D eigenvalue weighted by Gasteiger charge is -2.19. The molecule has 100 valence electrons. The fourth-order valence-electron chi connectivity index (χ4n) is 1.61. The highest BCUT2D eigenvalue weighted by molar-refractivity contribution is 5.97. The van der Waals surface area contributed by atoms with Crippen LogP contribution in [0.1, 0.15) is 43.3 Å². The third kappa shape index (κ3) is 3.09. The van der Waals surface area contributed by atoms with Crippen LogP contribution < -0.4 is 5.32 Å². The Labute approximate surface area is 105 Å². The van der Waals surface area contributed by atoms with Crippen LogP contribution in [-0.4, -0.2) is 28.2 Å². The molecule has 0 aliphatic heterocycles. The van der Waals surface area contributed by atoms with Gasteiger partial charge in [-0.3, -0.25) is 4.79 Å². The van der Waals surface area contributed by atoms with Gasteiger partial charge in [0.2, 0.25) is 0 Å². The van der Waals surface area contributed by atoms with Gasteiger partial charge in [0.15, 0.2) is 0 Å². The first-order chi connectivity index (χ1) is 8.51. The van der Waals surface area contributed by atoms with Crippen LogP contribution >= 0.6 is 0 Å². The number of rotatable bonds is 6. The Morgan fingerprint density at radius 1 is 1.50 bits per heavy atom. The van der Waals surface area contributed by atoms with Gasteiger partial charge in [0, 0.05) is 6.42 Å². The third-order valence-electron chi connectivity index (χ3n) is 2.98. The summed E-state index contributed by atoms with van der Waals surface area (Å²) in [5.74, 6) is -1.18. The van der Waals surface area contributed by atoms with Gasteiger partial charge in [-0.1, -0.05) is 32.3 Å². The number of hydrogen-bond donors (Lipinski definition) is 2.